The fraction of sp³-hybridized carbons (Fsp3) is 0.357. The minimum Gasteiger partial charge on any atom is -0.383 e. The summed E-state index contributed by atoms with van der Waals surface area (Å²) < 4.78 is 2.01. The lowest BCUT2D eigenvalue weighted by molar-refractivity contribution is 0.573. The number of anilines is 1. The first kappa shape index (κ1) is 13.1. The summed E-state index contributed by atoms with van der Waals surface area (Å²) in [6.07, 6.45) is 2.57. The molecule has 5 heteroatoms. The molecule has 0 aliphatic heterocycles. The van der Waals surface area contributed by atoms with Crippen molar-refractivity contribution in [3.63, 3.8) is 0 Å². The Morgan fingerprint density at radius 1 is 1.42 bits per heavy atom. The summed E-state index contributed by atoms with van der Waals surface area (Å²) in [5.74, 6) is 0. The number of nitriles is 1. The quantitative estimate of drug-likeness (QED) is 0.832. The van der Waals surface area contributed by atoms with Crippen LogP contribution in [0.2, 0.25) is 0 Å². The maximum Gasteiger partial charge on any atom is 0.163 e. The lowest BCUT2D eigenvalue weighted by atomic mass is 10.3. The third-order valence-electron chi connectivity index (χ3n) is 2.88. The normalized spacial score (nSPS) is 10.2. The molecule has 5 nitrogen and oxygen atoms in total. The monoisotopic (exact) mass is 255 g/mol. The number of aromatic nitrogens is 3. The van der Waals surface area contributed by atoms with Crippen LogP contribution in [-0.4, -0.2) is 21.3 Å². The van der Waals surface area contributed by atoms with Gasteiger partial charge in [0.1, 0.15) is 6.07 Å². The molecule has 98 valence electrons. The highest BCUT2D eigenvalue weighted by Crippen LogP contribution is 2.10. The van der Waals surface area contributed by atoms with Gasteiger partial charge in [0.05, 0.1) is 11.4 Å². The van der Waals surface area contributed by atoms with E-state index in [1.165, 1.54) is 5.69 Å². The number of aryl methyl sites for hydroxylation is 3. The van der Waals surface area contributed by atoms with Crippen molar-refractivity contribution in [1.82, 2.24) is 14.8 Å². The Morgan fingerprint density at radius 2 is 2.26 bits per heavy atom. The zero-order valence-corrected chi connectivity index (χ0v) is 11.2. The van der Waals surface area contributed by atoms with Crippen LogP contribution in [0.25, 0.3) is 0 Å². The summed E-state index contributed by atoms with van der Waals surface area (Å²) in [4.78, 5) is 4.01. The molecule has 0 radical (unpaired) electrons. The molecule has 0 atom stereocenters. The smallest absolute Gasteiger partial charge is 0.163 e. The Hall–Kier alpha value is -2.35. The van der Waals surface area contributed by atoms with E-state index in [4.69, 9.17) is 5.26 Å². The summed E-state index contributed by atoms with van der Waals surface area (Å²) in [6.45, 7) is 5.71. The molecule has 0 aliphatic rings. The van der Waals surface area contributed by atoms with Crippen LogP contribution in [0.3, 0.4) is 0 Å². The molecule has 0 spiro atoms. The predicted octanol–water partition coefficient (Wildman–Crippen LogP) is 2.27. The van der Waals surface area contributed by atoms with Crippen LogP contribution in [0.1, 0.15) is 23.5 Å². The van der Waals surface area contributed by atoms with Crippen molar-refractivity contribution >= 4 is 5.69 Å². The third-order valence-corrected chi connectivity index (χ3v) is 2.88. The van der Waals surface area contributed by atoms with Gasteiger partial charge in [-0.25, -0.2) is 4.98 Å². The van der Waals surface area contributed by atoms with E-state index in [1.807, 2.05) is 23.7 Å². The highest BCUT2D eigenvalue weighted by atomic mass is 15.3. The largest absolute Gasteiger partial charge is 0.383 e. The molecule has 0 saturated carbocycles. The van der Waals surface area contributed by atoms with E-state index in [0.717, 1.165) is 30.9 Å². The standard InChI is InChI=1S/C14H17N5/c1-11-9-12(2)19(18-11)8-4-7-16-13-5-3-6-17-14(13)10-15/h3,5-6,9,16H,4,7-8H2,1-2H3. The van der Waals surface area contributed by atoms with E-state index in [0.29, 0.717) is 5.69 Å². The van der Waals surface area contributed by atoms with Gasteiger partial charge in [-0.05, 0) is 38.5 Å². The topological polar surface area (TPSA) is 66.5 Å². The van der Waals surface area contributed by atoms with Gasteiger partial charge in [0, 0.05) is 25.0 Å². The van der Waals surface area contributed by atoms with Crippen LogP contribution >= 0.6 is 0 Å². The van der Waals surface area contributed by atoms with E-state index in [9.17, 15) is 0 Å². The van der Waals surface area contributed by atoms with Crippen LogP contribution < -0.4 is 5.32 Å². The second kappa shape index (κ2) is 6.01. The Labute approximate surface area is 112 Å². The maximum absolute atomic E-state index is 8.93. The number of hydrogen-bond acceptors (Lipinski definition) is 4. The number of pyridine rings is 1. The second-order valence-corrected chi connectivity index (χ2v) is 4.44. The van der Waals surface area contributed by atoms with Crippen molar-refractivity contribution in [3.05, 3.63) is 41.5 Å². The molecule has 19 heavy (non-hydrogen) atoms. The van der Waals surface area contributed by atoms with Gasteiger partial charge in [-0.3, -0.25) is 4.68 Å². The predicted molar refractivity (Wildman–Crippen MR) is 73.8 cm³/mol. The van der Waals surface area contributed by atoms with Gasteiger partial charge in [-0.15, -0.1) is 0 Å². The van der Waals surface area contributed by atoms with Gasteiger partial charge in [0.25, 0.3) is 0 Å². The molecule has 1 N–H and O–H groups in total. The average molecular weight is 255 g/mol. The Bertz CT molecular complexity index is 594. The maximum atomic E-state index is 8.93. The molecular formula is C14H17N5. The van der Waals surface area contributed by atoms with Gasteiger partial charge < -0.3 is 5.32 Å². The molecule has 2 aromatic rings. The van der Waals surface area contributed by atoms with Crippen molar-refractivity contribution in [3.8, 4) is 6.07 Å². The summed E-state index contributed by atoms with van der Waals surface area (Å²) in [6, 6.07) is 7.84. The highest BCUT2D eigenvalue weighted by Gasteiger charge is 2.02. The number of nitrogens with one attached hydrogen (secondary N) is 1. The summed E-state index contributed by atoms with van der Waals surface area (Å²) in [7, 11) is 0. The molecule has 0 unspecified atom stereocenters. The first-order valence-electron chi connectivity index (χ1n) is 6.31. The third kappa shape index (κ3) is 3.32. The molecular weight excluding hydrogens is 238 g/mol. The average Bonchev–Trinajstić information content (AvgIpc) is 2.73. The zero-order valence-electron chi connectivity index (χ0n) is 11.2. The Morgan fingerprint density at radius 3 is 2.95 bits per heavy atom. The second-order valence-electron chi connectivity index (χ2n) is 4.44. The minimum absolute atomic E-state index is 0.439. The van der Waals surface area contributed by atoms with Crippen LogP contribution in [0.4, 0.5) is 5.69 Å². The highest BCUT2D eigenvalue weighted by molar-refractivity contribution is 5.53. The van der Waals surface area contributed by atoms with Crippen LogP contribution in [0.15, 0.2) is 24.4 Å². The van der Waals surface area contributed by atoms with Crippen molar-refractivity contribution < 1.29 is 0 Å². The Kier molecular flexibility index (Phi) is 4.14. The summed E-state index contributed by atoms with van der Waals surface area (Å²) in [5.41, 5.74) is 3.45. The number of hydrogen-bond donors (Lipinski definition) is 1. The first-order chi connectivity index (χ1) is 9.20. The fourth-order valence-corrected chi connectivity index (χ4v) is 1.99. The van der Waals surface area contributed by atoms with Gasteiger partial charge in [-0.1, -0.05) is 0 Å². The number of rotatable bonds is 5. The summed E-state index contributed by atoms with van der Waals surface area (Å²) in [5, 5.41) is 16.6. The molecule has 2 heterocycles. The van der Waals surface area contributed by atoms with E-state index >= 15 is 0 Å². The first-order valence-corrected chi connectivity index (χ1v) is 6.31. The van der Waals surface area contributed by atoms with Crippen LogP contribution in [0, 0.1) is 25.2 Å². The molecule has 0 amide bonds. The molecule has 0 saturated heterocycles. The lowest BCUT2D eigenvalue weighted by Gasteiger charge is -2.08. The van der Waals surface area contributed by atoms with Crippen molar-refractivity contribution in [1.29, 1.82) is 5.26 Å². The van der Waals surface area contributed by atoms with Gasteiger partial charge >= 0.3 is 0 Å². The molecule has 0 bridgehead atoms. The van der Waals surface area contributed by atoms with E-state index in [-0.39, 0.29) is 0 Å². The SMILES string of the molecule is Cc1cc(C)n(CCCNc2cccnc2C#N)n1. The summed E-state index contributed by atoms with van der Waals surface area (Å²) >= 11 is 0. The van der Waals surface area contributed by atoms with Gasteiger partial charge in [0.2, 0.25) is 0 Å². The van der Waals surface area contributed by atoms with Gasteiger partial charge in [0.15, 0.2) is 5.69 Å². The van der Waals surface area contributed by atoms with Gasteiger partial charge in [-0.2, -0.15) is 10.4 Å². The Balaban J connectivity index is 1.84. The molecule has 2 aromatic heterocycles. The number of nitrogens with zero attached hydrogens (tertiary/aromatic N) is 4. The zero-order chi connectivity index (χ0) is 13.7. The molecule has 0 aromatic carbocycles. The molecule has 2 rings (SSSR count). The molecule has 0 fully saturated rings. The minimum atomic E-state index is 0.439. The van der Waals surface area contributed by atoms with Crippen LogP contribution in [-0.2, 0) is 6.54 Å². The van der Waals surface area contributed by atoms with Crippen molar-refractivity contribution in [2.75, 3.05) is 11.9 Å². The van der Waals surface area contributed by atoms with Crippen molar-refractivity contribution in [2.24, 2.45) is 0 Å². The van der Waals surface area contributed by atoms with Crippen molar-refractivity contribution in [2.45, 2.75) is 26.8 Å². The van der Waals surface area contributed by atoms with E-state index in [1.54, 1.807) is 6.20 Å². The lowest BCUT2D eigenvalue weighted by Crippen LogP contribution is -2.09. The van der Waals surface area contributed by atoms with E-state index in [2.05, 4.69) is 34.5 Å². The van der Waals surface area contributed by atoms with E-state index < -0.39 is 0 Å². The van der Waals surface area contributed by atoms with Crippen LogP contribution in [0.5, 0.6) is 0 Å². The molecule has 0 aliphatic carbocycles. The fourth-order valence-electron chi connectivity index (χ4n) is 1.99.